The molecule has 0 spiro atoms. The van der Waals surface area contributed by atoms with E-state index in [0.29, 0.717) is 22.8 Å². The maximum Gasteiger partial charge on any atom is 0.324 e. The van der Waals surface area contributed by atoms with Gasteiger partial charge in [-0.3, -0.25) is 15.1 Å². The van der Waals surface area contributed by atoms with Crippen LogP contribution in [-0.4, -0.2) is 26.7 Å². The first-order chi connectivity index (χ1) is 18.7. The molecule has 0 fully saturated rings. The van der Waals surface area contributed by atoms with Crippen LogP contribution < -0.4 is 16.0 Å². The fourth-order valence-corrected chi connectivity index (χ4v) is 4.20. The van der Waals surface area contributed by atoms with Crippen molar-refractivity contribution in [3.05, 3.63) is 108 Å². The van der Waals surface area contributed by atoms with Crippen LogP contribution in [0.5, 0.6) is 0 Å². The third kappa shape index (κ3) is 5.65. The van der Waals surface area contributed by atoms with Crippen LogP contribution in [0, 0.1) is 6.92 Å². The lowest BCUT2D eigenvalue weighted by molar-refractivity contribution is 0.102. The standard InChI is InChI=1S/C31H30N6O2/c1-20-9-11-22(12-10-20)37-28(19-27(36-37)31(2,3)4)35-30(39)34-26-14-13-25(23-7-5-6-8-24(23)26)33-29(38)21-15-17-32-18-16-21/h5-19H,1-4H3,(H,33,38)(H2,34,35,39). The number of benzene rings is 3. The SMILES string of the molecule is Cc1ccc(-n2nc(C(C)(C)C)cc2NC(=O)Nc2ccc(NC(=O)c3ccncc3)c3ccccc23)cc1. The van der Waals surface area contributed by atoms with Crippen molar-refractivity contribution in [2.24, 2.45) is 0 Å². The molecule has 8 heteroatoms. The Hall–Kier alpha value is -4.98. The second-order valence-corrected chi connectivity index (χ2v) is 10.4. The summed E-state index contributed by atoms with van der Waals surface area (Å²) < 4.78 is 1.75. The van der Waals surface area contributed by atoms with Crippen molar-refractivity contribution in [2.75, 3.05) is 16.0 Å². The number of fused-ring (bicyclic) bond motifs is 1. The highest BCUT2D eigenvalue weighted by molar-refractivity contribution is 6.13. The second-order valence-electron chi connectivity index (χ2n) is 10.4. The van der Waals surface area contributed by atoms with Crippen molar-refractivity contribution in [1.29, 1.82) is 0 Å². The molecule has 0 saturated heterocycles. The smallest absolute Gasteiger partial charge is 0.321 e. The minimum absolute atomic E-state index is 0.199. The van der Waals surface area contributed by atoms with Gasteiger partial charge in [0.05, 0.1) is 17.1 Å². The fourth-order valence-electron chi connectivity index (χ4n) is 4.20. The molecule has 0 bridgehead atoms. The molecular weight excluding hydrogens is 488 g/mol. The number of nitrogens with one attached hydrogen (secondary N) is 3. The van der Waals surface area contributed by atoms with E-state index in [0.717, 1.165) is 27.7 Å². The highest BCUT2D eigenvalue weighted by atomic mass is 16.2. The Morgan fingerprint density at radius 2 is 1.38 bits per heavy atom. The predicted molar refractivity (Wildman–Crippen MR) is 156 cm³/mol. The Kier molecular flexibility index (Phi) is 6.85. The molecule has 2 heterocycles. The van der Waals surface area contributed by atoms with Gasteiger partial charge in [0.15, 0.2) is 0 Å². The number of carbonyl (C=O) groups excluding carboxylic acids is 2. The number of hydrogen-bond donors (Lipinski definition) is 3. The molecule has 3 amide bonds. The zero-order valence-electron chi connectivity index (χ0n) is 22.3. The van der Waals surface area contributed by atoms with Crippen LogP contribution >= 0.6 is 0 Å². The Morgan fingerprint density at radius 3 is 2.00 bits per heavy atom. The Labute approximate surface area is 227 Å². The third-order valence-corrected chi connectivity index (χ3v) is 6.36. The van der Waals surface area contributed by atoms with Gasteiger partial charge < -0.3 is 10.6 Å². The van der Waals surface area contributed by atoms with Gasteiger partial charge in [0.2, 0.25) is 0 Å². The molecule has 2 aromatic heterocycles. The third-order valence-electron chi connectivity index (χ3n) is 6.36. The maximum absolute atomic E-state index is 13.2. The minimum Gasteiger partial charge on any atom is -0.321 e. The summed E-state index contributed by atoms with van der Waals surface area (Å²) in [6.45, 7) is 8.28. The topological polar surface area (TPSA) is 101 Å². The van der Waals surface area contributed by atoms with Crippen molar-refractivity contribution in [2.45, 2.75) is 33.1 Å². The van der Waals surface area contributed by atoms with Crippen LogP contribution in [0.4, 0.5) is 22.0 Å². The first kappa shape index (κ1) is 25.7. The predicted octanol–water partition coefficient (Wildman–Crippen LogP) is 6.92. The number of anilines is 3. The van der Waals surface area contributed by atoms with Crippen molar-refractivity contribution in [1.82, 2.24) is 14.8 Å². The molecule has 39 heavy (non-hydrogen) atoms. The van der Waals surface area contributed by atoms with Gasteiger partial charge in [-0.1, -0.05) is 62.7 Å². The fraction of sp³-hybridized carbons (Fsp3) is 0.161. The zero-order valence-corrected chi connectivity index (χ0v) is 22.3. The number of hydrogen-bond acceptors (Lipinski definition) is 4. The molecule has 0 unspecified atom stereocenters. The first-order valence-corrected chi connectivity index (χ1v) is 12.7. The molecule has 0 radical (unpaired) electrons. The highest BCUT2D eigenvalue weighted by Gasteiger charge is 2.22. The quantitative estimate of drug-likeness (QED) is 0.235. The van der Waals surface area contributed by atoms with Crippen LogP contribution in [-0.2, 0) is 5.41 Å². The zero-order chi connectivity index (χ0) is 27.6. The number of amides is 3. The van der Waals surface area contributed by atoms with Gasteiger partial charge >= 0.3 is 6.03 Å². The lowest BCUT2D eigenvalue weighted by atomic mass is 9.92. The molecule has 196 valence electrons. The van der Waals surface area contributed by atoms with Gasteiger partial charge in [-0.25, -0.2) is 9.48 Å². The summed E-state index contributed by atoms with van der Waals surface area (Å²) in [5, 5.41) is 15.3. The summed E-state index contributed by atoms with van der Waals surface area (Å²) in [5.74, 6) is 0.326. The van der Waals surface area contributed by atoms with E-state index in [4.69, 9.17) is 5.10 Å². The second kappa shape index (κ2) is 10.4. The van der Waals surface area contributed by atoms with Crippen LogP contribution in [0.15, 0.2) is 91.3 Å². The summed E-state index contributed by atoms with van der Waals surface area (Å²) in [6, 6.07) is 23.9. The molecule has 0 aliphatic carbocycles. The average molecular weight is 519 g/mol. The molecular formula is C31H30N6O2. The van der Waals surface area contributed by atoms with Crippen LogP contribution in [0.25, 0.3) is 16.5 Å². The lowest BCUT2D eigenvalue weighted by Crippen LogP contribution is -2.21. The number of rotatable bonds is 5. The van der Waals surface area contributed by atoms with E-state index >= 15 is 0 Å². The molecule has 8 nitrogen and oxygen atoms in total. The molecule has 3 aromatic carbocycles. The normalized spacial score (nSPS) is 11.3. The van der Waals surface area contributed by atoms with Gasteiger partial charge in [-0.05, 0) is 43.3 Å². The maximum atomic E-state index is 13.2. The van der Waals surface area contributed by atoms with E-state index in [2.05, 4.69) is 41.7 Å². The van der Waals surface area contributed by atoms with Crippen molar-refractivity contribution in [3.63, 3.8) is 0 Å². The average Bonchev–Trinajstić information content (AvgIpc) is 3.35. The van der Waals surface area contributed by atoms with E-state index < -0.39 is 6.03 Å². The van der Waals surface area contributed by atoms with Crippen LogP contribution in [0.3, 0.4) is 0 Å². The minimum atomic E-state index is -0.401. The summed E-state index contributed by atoms with van der Waals surface area (Å²) in [7, 11) is 0. The number of carbonyl (C=O) groups is 2. The van der Waals surface area contributed by atoms with Crippen LogP contribution in [0.1, 0.15) is 42.4 Å². The molecule has 0 atom stereocenters. The van der Waals surface area contributed by atoms with E-state index in [1.54, 1.807) is 41.3 Å². The summed E-state index contributed by atoms with van der Waals surface area (Å²) in [4.78, 5) is 29.9. The molecule has 5 rings (SSSR count). The monoisotopic (exact) mass is 518 g/mol. The largest absolute Gasteiger partial charge is 0.324 e. The number of pyridine rings is 1. The summed E-state index contributed by atoms with van der Waals surface area (Å²) >= 11 is 0. The number of nitrogens with zero attached hydrogens (tertiary/aromatic N) is 3. The molecule has 3 N–H and O–H groups in total. The van der Waals surface area contributed by atoms with Crippen molar-refractivity contribution < 1.29 is 9.59 Å². The van der Waals surface area contributed by atoms with Gasteiger partial charge in [-0.15, -0.1) is 0 Å². The number of urea groups is 1. The molecule has 5 aromatic rings. The van der Waals surface area contributed by atoms with E-state index in [-0.39, 0.29) is 11.3 Å². The van der Waals surface area contributed by atoms with Gasteiger partial charge in [0, 0.05) is 45.9 Å². The first-order valence-electron chi connectivity index (χ1n) is 12.7. The lowest BCUT2D eigenvalue weighted by Gasteiger charge is -2.14. The number of aryl methyl sites for hydroxylation is 1. The summed E-state index contributed by atoms with van der Waals surface area (Å²) in [6.07, 6.45) is 3.15. The van der Waals surface area contributed by atoms with Crippen molar-refractivity contribution in [3.8, 4) is 5.69 Å². The van der Waals surface area contributed by atoms with Crippen LogP contribution in [0.2, 0.25) is 0 Å². The Balaban J connectivity index is 1.41. The summed E-state index contributed by atoms with van der Waals surface area (Å²) in [5.41, 5.74) is 4.42. The Morgan fingerprint density at radius 1 is 0.769 bits per heavy atom. The molecule has 0 aliphatic heterocycles. The molecule has 0 aliphatic rings. The Bertz CT molecular complexity index is 1650. The van der Waals surface area contributed by atoms with Crippen molar-refractivity contribution >= 4 is 39.9 Å². The molecule has 0 saturated carbocycles. The van der Waals surface area contributed by atoms with E-state index in [1.165, 1.54) is 0 Å². The van der Waals surface area contributed by atoms with Gasteiger partial charge in [-0.2, -0.15) is 5.10 Å². The van der Waals surface area contributed by atoms with E-state index in [9.17, 15) is 9.59 Å². The van der Waals surface area contributed by atoms with E-state index in [1.807, 2.05) is 61.5 Å². The van der Waals surface area contributed by atoms with Gasteiger partial charge in [0.1, 0.15) is 5.82 Å². The number of aromatic nitrogens is 3. The van der Waals surface area contributed by atoms with Gasteiger partial charge in [0.25, 0.3) is 5.91 Å². The highest BCUT2D eigenvalue weighted by Crippen LogP contribution is 2.31.